The Morgan fingerprint density at radius 3 is 2.51 bits per heavy atom. The normalized spacial score (nSPS) is 14.3. The summed E-state index contributed by atoms with van der Waals surface area (Å²) in [7, 11) is 3.10. The maximum absolute atomic E-state index is 14.0. The van der Waals surface area contributed by atoms with Gasteiger partial charge in [0.05, 0.1) is 14.2 Å². The van der Waals surface area contributed by atoms with Gasteiger partial charge in [0.2, 0.25) is 11.7 Å². The number of aromatic nitrogens is 4. The Bertz CT molecular complexity index is 1470. The molecule has 0 radical (unpaired) electrons. The number of rotatable bonds is 10. The van der Waals surface area contributed by atoms with Crippen LogP contribution in [0.2, 0.25) is 5.02 Å². The Balaban J connectivity index is 1.45. The van der Waals surface area contributed by atoms with E-state index in [0.29, 0.717) is 33.6 Å². The number of thiophene rings is 1. The molecule has 10 nitrogen and oxygen atoms in total. The minimum atomic E-state index is -0.876. The summed E-state index contributed by atoms with van der Waals surface area (Å²) >= 11 is 7.59. The van der Waals surface area contributed by atoms with Crippen molar-refractivity contribution in [3.63, 3.8) is 0 Å². The summed E-state index contributed by atoms with van der Waals surface area (Å²) in [5.41, 5.74) is 1.19. The largest absolute Gasteiger partial charge is 0.493 e. The third kappa shape index (κ3) is 6.68. The second-order valence-electron chi connectivity index (χ2n) is 9.71. The highest BCUT2D eigenvalue weighted by Crippen LogP contribution is 2.33. The van der Waals surface area contributed by atoms with Gasteiger partial charge in [-0.2, -0.15) is 4.80 Å². The van der Waals surface area contributed by atoms with Crippen LogP contribution in [-0.2, 0) is 16.1 Å². The van der Waals surface area contributed by atoms with Crippen LogP contribution in [0.4, 0.5) is 5.69 Å². The zero-order valence-corrected chi connectivity index (χ0v) is 24.4. The summed E-state index contributed by atoms with van der Waals surface area (Å²) < 4.78 is 10.7. The van der Waals surface area contributed by atoms with Crippen LogP contribution in [0.15, 0.2) is 60.0 Å². The Morgan fingerprint density at radius 2 is 1.83 bits per heavy atom. The number of benzene rings is 2. The molecule has 4 aromatic rings. The second kappa shape index (κ2) is 13.1. The van der Waals surface area contributed by atoms with Crippen molar-refractivity contribution in [1.82, 2.24) is 25.5 Å². The molecule has 2 heterocycles. The number of hydrogen-bond acceptors (Lipinski definition) is 8. The van der Waals surface area contributed by atoms with Crippen molar-refractivity contribution >= 4 is 40.4 Å². The molecule has 1 fully saturated rings. The highest BCUT2D eigenvalue weighted by atomic mass is 35.5. The lowest BCUT2D eigenvalue weighted by atomic mass is 9.95. The van der Waals surface area contributed by atoms with Crippen molar-refractivity contribution in [3.8, 4) is 22.9 Å². The highest BCUT2D eigenvalue weighted by Gasteiger charge is 2.35. The zero-order valence-electron chi connectivity index (χ0n) is 22.8. The van der Waals surface area contributed by atoms with E-state index in [1.807, 2.05) is 17.5 Å². The fourth-order valence-electron chi connectivity index (χ4n) is 4.98. The van der Waals surface area contributed by atoms with Crippen molar-refractivity contribution in [2.75, 3.05) is 19.1 Å². The van der Waals surface area contributed by atoms with Gasteiger partial charge in [-0.05, 0) is 72.0 Å². The Labute approximate surface area is 247 Å². The van der Waals surface area contributed by atoms with E-state index in [4.69, 9.17) is 21.1 Å². The van der Waals surface area contributed by atoms with Crippen molar-refractivity contribution < 1.29 is 19.1 Å². The van der Waals surface area contributed by atoms with E-state index in [-0.39, 0.29) is 24.4 Å². The summed E-state index contributed by atoms with van der Waals surface area (Å²) in [6, 6.07) is 15.1. The number of carbonyl (C=O) groups is 2. The smallest absolute Gasteiger partial charge is 0.251 e. The van der Waals surface area contributed by atoms with Crippen LogP contribution in [0.1, 0.15) is 43.0 Å². The molecule has 0 aliphatic heterocycles. The number of nitrogens with one attached hydrogen (secondary N) is 1. The Kier molecular flexibility index (Phi) is 9.15. The van der Waals surface area contributed by atoms with Gasteiger partial charge < -0.3 is 14.8 Å². The Morgan fingerprint density at radius 1 is 1.07 bits per heavy atom. The van der Waals surface area contributed by atoms with Gasteiger partial charge in [-0.1, -0.05) is 36.9 Å². The van der Waals surface area contributed by atoms with Crippen molar-refractivity contribution in [1.29, 1.82) is 0 Å². The fraction of sp³-hybridized carbons (Fsp3) is 0.345. The molecule has 41 heavy (non-hydrogen) atoms. The summed E-state index contributed by atoms with van der Waals surface area (Å²) in [6.45, 7) is -0.235. The zero-order chi connectivity index (χ0) is 28.8. The van der Waals surface area contributed by atoms with Crippen LogP contribution in [0.3, 0.4) is 0 Å². The molecule has 1 N–H and O–H groups in total. The minimum Gasteiger partial charge on any atom is -0.493 e. The van der Waals surface area contributed by atoms with E-state index in [9.17, 15) is 9.59 Å². The number of ether oxygens (including phenoxy) is 2. The lowest BCUT2D eigenvalue weighted by molar-refractivity contribution is -0.127. The first kappa shape index (κ1) is 28.6. The van der Waals surface area contributed by atoms with Gasteiger partial charge in [-0.25, -0.2) is 0 Å². The first-order valence-corrected chi connectivity index (χ1v) is 14.6. The van der Waals surface area contributed by atoms with Gasteiger partial charge in [0, 0.05) is 27.2 Å². The maximum atomic E-state index is 14.0. The van der Waals surface area contributed by atoms with E-state index in [2.05, 4.69) is 20.7 Å². The molecule has 0 saturated heterocycles. The predicted octanol–water partition coefficient (Wildman–Crippen LogP) is 5.30. The standard InChI is InChI=1S/C29H31ClN6O4S/c1-39-23-15-10-19(17-24(23)40-2)28-32-34-35(33-28)18-26(37)36(22-13-11-20(30)12-14-22)27(25-9-6-16-41-25)29(38)31-21-7-4-3-5-8-21/h6,9-17,21,27H,3-5,7-8,18H2,1-2H3,(H,31,38)/t27-/m0/s1. The number of anilines is 1. The van der Waals surface area contributed by atoms with Crippen LogP contribution >= 0.6 is 22.9 Å². The average molecular weight is 595 g/mol. The number of nitrogens with zero attached hydrogens (tertiary/aromatic N) is 5. The number of carbonyl (C=O) groups excluding carboxylic acids is 2. The molecule has 2 amide bonds. The molecule has 0 spiro atoms. The van der Waals surface area contributed by atoms with Gasteiger partial charge in [0.25, 0.3) is 5.91 Å². The molecule has 1 saturated carbocycles. The molecular weight excluding hydrogens is 564 g/mol. The molecule has 2 aromatic carbocycles. The third-order valence-corrected chi connectivity index (χ3v) is 8.19. The molecule has 2 aromatic heterocycles. The first-order valence-electron chi connectivity index (χ1n) is 13.4. The molecule has 214 valence electrons. The van der Waals surface area contributed by atoms with Crippen LogP contribution in [-0.4, -0.2) is 52.3 Å². The SMILES string of the molecule is COc1ccc(-c2nnn(CC(=O)N(c3ccc(Cl)cc3)[C@H](C(=O)NC3CCCCC3)c3cccs3)n2)cc1OC. The molecule has 1 aliphatic carbocycles. The third-order valence-electron chi connectivity index (χ3n) is 7.02. The van der Waals surface area contributed by atoms with E-state index in [0.717, 1.165) is 30.6 Å². The average Bonchev–Trinajstić information content (AvgIpc) is 3.69. The van der Waals surface area contributed by atoms with Crippen LogP contribution in [0, 0.1) is 0 Å². The van der Waals surface area contributed by atoms with Crippen LogP contribution < -0.4 is 19.7 Å². The summed E-state index contributed by atoms with van der Waals surface area (Å²) in [6.07, 6.45) is 5.19. The predicted molar refractivity (Wildman–Crippen MR) is 157 cm³/mol. The van der Waals surface area contributed by atoms with E-state index < -0.39 is 6.04 Å². The van der Waals surface area contributed by atoms with Crippen LogP contribution in [0.25, 0.3) is 11.4 Å². The molecule has 5 rings (SSSR count). The van der Waals surface area contributed by atoms with Crippen molar-refractivity contribution in [2.24, 2.45) is 0 Å². The van der Waals surface area contributed by atoms with Gasteiger partial charge in [-0.15, -0.1) is 21.5 Å². The molecule has 0 bridgehead atoms. The highest BCUT2D eigenvalue weighted by molar-refractivity contribution is 7.10. The first-order chi connectivity index (χ1) is 20.0. The quantitative estimate of drug-likeness (QED) is 0.265. The van der Waals surface area contributed by atoms with Gasteiger partial charge in [-0.3, -0.25) is 14.5 Å². The van der Waals surface area contributed by atoms with E-state index >= 15 is 0 Å². The molecule has 1 aliphatic rings. The number of halogens is 1. The second-order valence-corrected chi connectivity index (χ2v) is 11.1. The number of tetrazole rings is 1. The number of amides is 2. The van der Waals surface area contributed by atoms with Crippen LogP contribution in [0.5, 0.6) is 11.5 Å². The molecule has 12 heteroatoms. The lowest BCUT2D eigenvalue weighted by Crippen LogP contribution is -2.48. The fourth-order valence-corrected chi connectivity index (χ4v) is 5.92. The molecule has 1 atom stereocenters. The maximum Gasteiger partial charge on any atom is 0.251 e. The summed E-state index contributed by atoms with van der Waals surface area (Å²) in [4.78, 5) is 31.3. The van der Waals surface area contributed by atoms with E-state index in [1.165, 1.54) is 27.5 Å². The monoisotopic (exact) mass is 594 g/mol. The van der Waals surface area contributed by atoms with Crippen molar-refractivity contribution in [3.05, 3.63) is 69.9 Å². The molecular formula is C29H31ClN6O4S. The summed E-state index contributed by atoms with van der Waals surface area (Å²) in [5, 5.41) is 18.3. The van der Waals surface area contributed by atoms with Gasteiger partial charge in [0.15, 0.2) is 11.5 Å². The lowest BCUT2D eigenvalue weighted by Gasteiger charge is -2.32. The number of methoxy groups -OCH3 is 2. The number of hydrogen-bond donors (Lipinski definition) is 1. The summed E-state index contributed by atoms with van der Waals surface area (Å²) in [5.74, 6) is 0.820. The Hall–Kier alpha value is -3.96. The minimum absolute atomic E-state index is 0.0851. The molecule has 0 unspecified atom stereocenters. The van der Waals surface area contributed by atoms with Gasteiger partial charge in [0.1, 0.15) is 12.6 Å². The van der Waals surface area contributed by atoms with E-state index in [1.54, 1.807) is 56.7 Å². The topological polar surface area (TPSA) is 111 Å². The van der Waals surface area contributed by atoms with Crippen molar-refractivity contribution in [2.45, 2.75) is 50.7 Å². The van der Waals surface area contributed by atoms with Gasteiger partial charge >= 0.3 is 0 Å².